The van der Waals surface area contributed by atoms with E-state index < -0.39 is 0 Å². The second-order valence-electron chi connectivity index (χ2n) is 4.95. The summed E-state index contributed by atoms with van der Waals surface area (Å²) < 4.78 is 5.21. The SMILES string of the molecule is CCC(NC(C)c1nc(C)cs1)c1ccc(OC)cc1. The second kappa shape index (κ2) is 6.86. The summed E-state index contributed by atoms with van der Waals surface area (Å²) in [5.41, 5.74) is 2.38. The molecule has 0 aliphatic rings. The summed E-state index contributed by atoms with van der Waals surface area (Å²) in [4.78, 5) is 4.56. The largest absolute Gasteiger partial charge is 0.497 e. The van der Waals surface area contributed by atoms with Crippen LogP contribution in [-0.4, -0.2) is 12.1 Å². The van der Waals surface area contributed by atoms with Crippen LogP contribution in [0.25, 0.3) is 0 Å². The number of rotatable bonds is 6. The summed E-state index contributed by atoms with van der Waals surface area (Å²) in [7, 11) is 1.69. The lowest BCUT2D eigenvalue weighted by Gasteiger charge is -2.21. The van der Waals surface area contributed by atoms with Crippen molar-refractivity contribution in [3.05, 3.63) is 45.9 Å². The monoisotopic (exact) mass is 290 g/mol. The molecule has 20 heavy (non-hydrogen) atoms. The molecule has 1 aromatic heterocycles. The Balaban J connectivity index is 2.07. The van der Waals surface area contributed by atoms with Gasteiger partial charge in [0.25, 0.3) is 0 Å². The molecule has 2 aromatic rings. The van der Waals surface area contributed by atoms with Crippen LogP contribution in [0.3, 0.4) is 0 Å². The molecule has 3 nitrogen and oxygen atoms in total. The number of ether oxygens (including phenoxy) is 1. The van der Waals surface area contributed by atoms with Crippen LogP contribution < -0.4 is 10.1 Å². The second-order valence-corrected chi connectivity index (χ2v) is 5.84. The summed E-state index contributed by atoms with van der Waals surface area (Å²) in [6.07, 6.45) is 1.04. The van der Waals surface area contributed by atoms with Gasteiger partial charge in [-0.2, -0.15) is 0 Å². The fourth-order valence-electron chi connectivity index (χ4n) is 2.23. The first kappa shape index (κ1) is 15.0. The van der Waals surface area contributed by atoms with Gasteiger partial charge in [0.2, 0.25) is 0 Å². The number of aromatic nitrogens is 1. The standard InChI is InChI=1S/C16H22N2OS/c1-5-15(13-6-8-14(19-4)9-7-13)18-12(3)16-17-11(2)10-20-16/h6-10,12,15,18H,5H2,1-4H3. The van der Waals surface area contributed by atoms with Crippen molar-refractivity contribution in [1.82, 2.24) is 10.3 Å². The van der Waals surface area contributed by atoms with Crippen molar-refractivity contribution in [3.8, 4) is 5.75 Å². The van der Waals surface area contributed by atoms with E-state index in [0.717, 1.165) is 22.9 Å². The fraction of sp³-hybridized carbons (Fsp3) is 0.438. The van der Waals surface area contributed by atoms with Gasteiger partial charge in [-0.25, -0.2) is 4.98 Å². The van der Waals surface area contributed by atoms with Crippen molar-refractivity contribution in [2.45, 2.75) is 39.3 Å². The fourth-order valence-corrected chi connectivity index (χ4v) is 3.04. The van der Waals surface area contributed by atoms with Crippen LogP contribution in [0.5, 0.6) is 5.75 Å². The number of hydrogen-bond acceptors (Lipinski definition) is 4. The van der Waals surface area contributed by atoms with Gasteiger partial charge in [0.15, 0.2) is 0 Å². The molecule has 0 saturated heterocycles. The zero-order valence-corrected chi connectivity index (χ0v) is 13.3. The summed E-state index contributed by atoms with van der Waals surface area (Å²) in [6.45, 7) is 6.40. The van der Waals surface area contributed by atoms with Gasteiger partial charge in [0.1, 0.15) is 10.8 Å². The van der Waals surface area contributed by atoms with Crippen LogP contribution in [0.1, 0.15) is 48.6 Å². The van der Waals surface area contributed by atoms with E-state index in [1.165, 1.54) is 5.56 Å². The van der Waals surface area contributed by atoms with Crippen molar-refractivity contribution >= 4 is 11.3 Å². The quantitative estimate of drug-likeness (QED) is 0.863. The Kier molecular flexibility index (Phi) is 5.15. The number of methoxy groups -OCH3 is 1. The minimum atomic E-state index is 0.265. The summed E-state index contributed by atoms with van der Waals surface area (Å²) in [5.74, 6) is 0.896. The zero-order valence-electron chi connectivity index (χ0n) is 12.5. The predicted molar refractivity (Wildman–Crippen MR) is 84.4 cm³/mol. The van der Waals surface area contributed by atoms with Gasteiger partial charge in [0, 0.05) is 17.1 Å². The van der Waals surface area contributed by atoms with E-state index in [1.54, 1.807) is 18.4 Å². The molecule has 0 aliphatic carbocycles. The Morgan fingerprint density at radius 2 is 2.00 bits per heavy atom. The maximum atomic E-state index is 5.21. The van der Waals surface area contributed by atoms with E-state index in [2.05, 4.69) is 41.7 Å². The molecular formula is C16H22N2OS. The molecule has 0 fully saturated rings. The first-order valence-electron chi connectivity index (χ1n) is 6.96. The lowest BCUT2D eigenvalue weighted by molar-refractivity contribution is 0.413. The molecule has 2 atom stereocenters. The molecule has 0 amide bonds. The zero-order chi connectivity index (χ0) is 14.5. The minimum absolute atomic E-state index is 0.265. The number of aryl methyl sites for hydroxylation is 1. The van der Waals surface area contributed by atoms with E-state index in [1.807, 2.05) is 19.1 Å². The van der Waals surface area contributed by atoms with E-state index in [-0.39, 0.29) is 6.04 Å². The van der Waals surface area contributed by atoms with Crippen LogP contribution in [0.15, 0.2) is 29.6 Å². The molecule has 1 aromatic carbocycles. The summed E-state index contributed by atoms with van der Waals surface area (Å²) in [6, 6.07) is 8.87. The average Bonchev–Trinajstić information content (AvgIpc) is 2.91. The molecule has 0 saturated carbocycles. The number of thiazole rings is 1. The highest BCUT2D eigenvalue weighted by Crippen LogP contribution is 2.25. The highest BCUT2D eigenvalue weighted by atomic mass is 32.1. The van der Waals surface area contributed by atoms with Gasteiger partial charge >= 0.3 is 0 Å². The Morgan fingerprint density at radius 3 is 2.50 bits per heavy atom. The van der Waals surface area contributed by atoms with Crippen LogP contribution in [0.4, 0.5) is 0 Å². The van der Waals surface area contributed by atoms with Crippen molar-refractivity contribution < 1.29 is 4.74 Å². The summed E-state index contributed by atoms with van der Waals surface area (Å²) in [5, 5.41) is 6.90. The minimum Gasteiger partial charge on any atom is -0.497 e. The Morgan fingerprint density at radius 1 is 1.30 bits per heavy atom. The van der Waals surface area contributed by atoms with E-state index in [9.17, 15) is 0 Å². The molecular weight excluding hydrogens is 268 g/mol. The number of benzene rings is 1. The molecule has 2 rings (SSSR count). The molecule has 1 heterocycles. The number of hydrogen-bond donors (Lipinski definition) is 1. The Labute approximate surface area is 125 Å². The maximum absolute atomic E-state index is 5.21. The summed E-state index contributed by atoms with van der Waals surface area (Å²) >= 11 is 1.72. The third-order valence-electron chi connectivity index (χ3n) is 3.38. The highest BCUT2D eigenvalue weighted by molar-refractivity contribution is 7.09. The van der Waals surface area contributed by atoms with Gasteiger partial charge in [-0.05, 0) is 38.0 Å². The van der Waals surface area contributed by atoms with E-state index in [0.29, 0.717) is 6.04 Å². The molecule has 0 aliphatic heterocycles. The molecule has 0 bridgehead atoms. The number of nitrogens with one attached hydrogen (secondary N) is 1. The van der Waals surface area contributed by atoms with Crippen LogP contribution in [-0.2, 0) is 0 Å². The third kappa shape index (κ3) is 3.58. The van der Waals surface area contributed by atoms with Crippen LogP contribution in [0, 0.1) is 6.92 Å². The number of nitrogens with zero attached hydrogens (tertiary/aromatic N) is 1. The van der Waals surface area contributed by atoms with Gasteiger partial charge in [-0.15, -0.1) is 11.3 Å². The van der Waals surface area contributed by atoms with Crippen molar-refractivity contribution in [3.63, 3.8) is 0 Å². The highest BCUT2D eigenvalue weighted by Gasteiger charge is 2.15. The van der Waals surface area contributed by atoms with Gasteiger partial charge < -0.3 is 10.1 Å². The molecule has 0 radical (unpaired) electrons. The normalized spacial score (nSPS) is 14.0. The third-order valence-corrected chi connectivity index (χ3v) is 4.53. The molecule has 108 valence electrons. The van der Waals surface area contributed by atoms with E-state index in [4.69, 9.17) is 4.74 Å². The first-order chi connectivity index (χ1) is 9.63. The Hall–Kier alpha value is -1.39. The van der Waals surface area contributed by atoms with Crippen molar-refractivity contribution in [2.24, 2.45) is 0 Å². The van der Waals surface area contributed by atoms with Crippen LogP contribution in [0.2, 0.25) is 0 Å². The maximum Gasteiger partial charge on any atom is 0.118 e. The average molecular weight is 290 g/mol. The lowest BCUT2D eigenvalue weighted by Crippen LogP contribution is -2.24. The van der Waals surface area contributed by atoms with Crippen molar-refractivity contribution in [1.29, 1.82) is 0 Å². The smallest absolute Gasteiger partial charge is 0.118 e. The molecule has 0 spiro atoms. The van der Waals surface area contributed by atoms with Crippen LogP contribution >= 0.6 is 11.3 Å². The van der Waals surface area contributed by atoms with Crippen molar-refractivity contribution in [2.75, 3.05) is 7.11 Å². The topological polar surface area (TPSA) is 34.2 Å². The van der Waals surface area contributed by atoms with Gasteiger partial charge in [-0.1, -0.05) is 19.1 Å². The molecule has 2 unspecified atom stereocenters. The predicted octanol–water partition coefficient (Wildman–Crippen LogP) is 4.26. The lowest BCUT2D eigenvalue weighted by atomic mass is 10.0. The Bertz CT molecular complexity index is 536. The van der Waals surface area contributed by atoms with Gasteiger partial charge in [-0.3, -0.25) is 0 Å². The molecule has 1 N–H and O–H groups in total. The van der Waals surface area contributed by atoms with E-state index >= 15 is 0 Å². The molecule has 4 heteroatoms. The van der Waals surface area contributed by atoms with Gasteiger partial charge in [0.05, 0.1) is 13.2 Å². The first-order valence-corrected chi connectivity index (χ1v) is 7.84.